The summed E-state index contributed by atoms with van der Waals surface area (Å²) in [4.78, 5) is 2.56. The van der Waals surface area contributed by atoms with Crippen molar-refractivity contribution in [2.45, 2.75) is 64.3 Å². The minimum Gasteiger partial charge on any atom is -0.396 e. The molecule has 1 saturated carbocycles. The fraction of sp³-hybridized carbons (Fsp3) is 1.00. The van der Waals surface area contributed by atoms with E-state index in [1.807, 2.05) is 0 Å². The molecule has 1 rings (SSSR count). The molecular formula is C15H32N2O. The van der Waals surface area contributed by atoms with Gasteiger partial charge in [-0.15, -0.1) is 0 Å². The highest BCUT2D eigenvalue weighted by molar-refractivity contribution is 4.95. The molecule has 1 aliphatic carbocycles. The molecule has 0 unspecified atom stereocenters. The van der Waals surface area contributed by atoms with Crippen molar-refractivity contribution in [3.05, 3.63) is 0 Å². The maximum Gasteiger partial charge on any atom is 0.0443 e. The summed E-state index contributed by atoms with van der Waals surface area (Å²) in [7, 11) is 0. The van der Waals surface area contributed by atoms with E-state index >= 15 is 0 Å². The molecule has 108 valence electrons. The number of nitrogens with two attached hydrogens (primary N) is 1. The van der Waals surface area contributed by atoms with E-state index in [-0.39, 0.29) is 5.54 Å². The van der Waals surface area contributed by atoms with Gasteiger partial charge in [-0.25, -0.2) is 0 Å². The van der Waals surface area contributed by atoms with Crippen LogP contribution in [0.25, 0.3) is 0 Å². The highest BCUT2D eigenvalue weighted by Gasteiger charge is 2.38. The molecule has 0 aromatic carbocycles. The van der Waals surface area contributed by atoms with Gasteiger partial charge in [0.05, 0.1) is 0 Å². The Morgan fingerprint density at radius 3 is 2.33 bits per heavy atom. The van der Waals surface area contributed by atoms with Crippen molar-refractivity contribution in [2.24, 2.45) is 11.7 Å². The van der Waals surface area contributed by atoms with E-state index in [4.69, 9.17) is 10.8 Å². The second-order valence-electron chi connectivity index (χ2n) is 5.84. The standard InChI is InChI=1S/C15H32N2O/c1-3-10-17(11-5-12-18)15(13-16)8-6-14(4-2)7-9-15/h14,18H,3-13,16H2,1-2H3. The van der Waals surface area contributed by atoms with Crippen LogP contribution in [0.3, 0.4) is 0 Å². The van der Waals surface area contributed by atoms with Gasteiger partial charge in [-0.1, -0.05) is 20.3 Å². The van der Waals surface area contributed by atoms with Gasteiger partial charge in [0.1, 0.15) is 0 Å². The molecule has 18 heavy (non-hydrogen) atoms. The van der Waals surface area contributed by atoms with Gasteiger partial charge in [-0.05, 0) is 51.0 Å². The quantitative estimate of drug-likeness (QED) is 0.701. The Kier molecular flexibility index (Phi) is 7.20. The smallest absolute Gasteiger partial charge is 0.0443 e. The molecule has 0 bridgehead atoms. The molecule has 0 aromatic rings. The Labute approximate surface area is 113 Å². The first-order chi connectivity index (χ1) is 8.72. The lowest BCUT2D eigenvalue weighted by atomic mass is 9.74. The monoisotopic (exact) mass is 256 g/mol. The predicted molar refractivity (Wildman–Crippen MR) is 77.6 cm³/mol. The largest absolute Gasteiger partial charge is 0.396 e. The van der Waals surface area contributed by atoms with E-state index in [0.29, 0.717) is 6.61 Å². The fourth-order valence-corrected chi connectivity index (χ4v) is 3.39. The van der Waals surface area contributed by atoms with E-state index < -0.39 is 0 Å². The Morgan fingerprint density at radius 2 is 1.89 bits per heavy atom. The zero-order valence-corrected chi connectivity index (χ0v) is 12.3. The van der Waals surface area contributed by atoms with Crippen LogP contribution in [0.5, 0.6) is 0 Å². The van der Waals surface area contributed by atoms with Crippen molar-refractivity contribution in [1.82, 2.24) is 4.90 Å². The van der Waals surface area contributed by atoms with Gasteiger partial charge in [0, 0.05) is 25.2 Å². The summed E-state index contributed by atoms with van der Waals surface area (Å²) in [6.07, 6.45) is 8.50. The minimum absolute atomic E-state index is 0.219. The van der Waals surface area contributed by atoms with Gasteiger partial charge >= 0.3 is 0 Å². The highest BCUT2D eigenvalue weighted by Crippen LogP contribution is 2.37. The van der Waals surface area contributed by atoms with E-state index in [0.717, 1.165) is 32.0 Å². The molecule has 0 atom stereocenters. The maximum atomic E-state index is 9.06. The summed E-state index contributed by atoms with van der Waals surface area (Å²) in [6, 6.07) is 0. The van der Waals surface area contributed by atoms with Crippen molar-refractivity contribution >= 4 is 0 Å². The van der Waals surface area contributed by atoms with Crippen molar-refractivity contribution < 1.29 is 5.11 Å². The average molecular weight is 256 g/mol. The zero-order chi connectivity index (χ0) is 13.4. The van der Waals surface area contributed by atoms with E-state index in [1.165, 1.54) is 38.5 Å². The van der Waals surface area contributed by atoms with E-state index in [1.54, 1.807) is 0 Å². The molecular weight excluding hydrogens is 224 g/mol. The first-order valence-electron chi connectivity index (χ1n) is 7.78. The summed E-state index contributed by atoms with van der Waals surface area (Å²) in [6.45, 7) is 7.71. The first-order valence-corrected chi connectivity index (χ1v) is 7.78. The van der Waals surface area contributed by atoms with Crippen LogP contribution in [0, 0.1) is 5.92 Å². The third-order valence-corrected chi connectivity index (χ3v) is 4.74. The summed E-state index contributed by atoms with van der Waals surface area (Å²) < 4.78 is 0. The second kappa shape index (κ2) is 8.13. The molecule has 3 N–H and O–H groups in total. The fourth-order valence-electron chi connectivity index (χ4n) is 3.39. The van der Waals surface area contributed by atoms with Gasteiger partial charge < -0.3 is 10.8 Å². The molecule has 0 heterocycles. The number of aliphatic hydroxyl groups is 1. The lowest BCUT2D eigenvalue weighted by Crippen LogP contribution is -2.56. The Balaban J connectivity index is 2.64. The molecule has 3 heteroatoms. The molecule has 0 amide bonds. The molecule has 3 nitrogen and oxygen atoms in total. The summed E-state index contributed by atoms with van der Waals surface area (Å²) in [5.41, 5.74) is 6.34. The van der Waals surface area contributed by atoms with Gasteiger partial charge in [-0.2, -0.15) is 0 Å². The number of rotatable bonds is 8. The van der Waals surface area contributed by atoms with Crippen LogP contribution in [0.2, 0.25) is 0 Å². The van der Waals surface area contributed by atoms with Crippen molar-refractivity contribution in [3.63, 3.8) is 0 Å². The maximum absolute atomic E-state index is 9.06. The van der Waals surface area contributed by atoms with Crippen LogP contribution in [-0.4, -0.2) is 41.8 Å². The third-order valence-electron chi connectivity index (χ3n) is 4.74. The topological polar surface area (TPSA) is 49.5 Å². The van der Waals surface area contributed by atoms with Crippen LogP contribution >= 0.6 is 0 Å². The van der Waals surface area contributed by atoms with E-state index in [2.05, 4.69) is 18.7 Å². The number of hydrogen-bond donors (Lipinski definition) is 2. The van der Waals surface area contributed by atoms with Crippen molar-refractivity contribution in [3.8, 4) is 0 Å². The van der Waals surface area contributed by atoms with Gasteiger partial charge in [0.2, 0.25) is 0 Å². The minimum atomic E-state index is 0.219. The van der Waals surface area contributed by atoms with Gasteiger partial charge in [-0.3, -0.25) is 4.90 Å². The summed E-state index contributed by atoms with van der Waals surface area (Å²) in [5, 5.41) is 9.06. The summed E-state index contributed by atoms with van der Waals surface area (Å²) >= 11 is 0. The molecule has 0 aliphatic heterocycles. The molecule has 0 aromatic heterocycles. The summed E-state index contributed by atoms with van der Waals surface area (Å²) in [5.74, 6) is 0.908. The number of aliphatic hydroxyl groups excluding tert-OH is 1. The molecule has 0 spiro atoms. The molecule has 0 radical (unpaired) electrons. The predicted octanol–water partition coefficient (Wildman–Crippen LogP) is 2.38. The normalized spacial score (nSPS) is 28.8. The van der Waals surface area contributed by atoms with Crippen LogP contribution in [0.15, 0.2) is 0 Å². The van der Waals surface area contributed by atoms with Gasteiger partial charge in [0.25, 0.3) is 0 Å². The molecule has 1 aliphatic rings. The lowest BCUT2D eigenvalue weighted by Gasteiger charge is -2.48. The van der Waals surface area contributed by atoms with Crippen molar-refractivity contribution in [1.29, 1.82) is 0 Å². The zero-order valence-electron chi connectivity index (χ0n) is 12.3. The second-order valence-corrected chi connectivity index (χ2v) is 5.84. The lowest BCUT2D eigenvalue weighted by molar-refractivity contribution is 0.0367. The third kappa shape index (κ3) is 3.94. The number of hydrogen-bond acceptors (Lipinski definition) is 3. The molecule has 0 saturated heterocycles. The number of nitrogens with zero attached hydrogens (tertiary/aromatic N) is 1. The SMILES string of the molecule is CCCN(CCCO)C1(CN)CCC(CC)CC1. The average Bonchev–Trinajstić information content (AvgIpc) is 2.43. The molecule has 1 fully saturated rings. The Morgan fingerprint density at radius 1 is 1.22 bits per heavy atom. The van der Waals surface area contributed by atoms with E-state index in [9.17, 15) is 0 Å². The highest BCUT2D eigenvalue weighted by atomic mass is 16.3. The van der Waals surface area contributed by atoms with Crippen LogP contribution in [0.1, 0.15) is 58.8 Å². The Hall–Kier alpha value is -0.120. The van der Waals surface area contributed by atoms with Crippen molar-refractivity contribution in [2.75, 3.05) is 26.2 Å². The van der Waals surface area contributed by atoms with Crippen LogP contribution < -0.4 is 5.73 Å². The van der Waals surface area contributed by atoms with Crippen LogP contribution in [-0.2, 0) is 0 Å². The van der Waals surface area contributed by atoms with Crippen LogP contribution in [0.4, 0.5) is 0 Å². The first kappa shape index (κ1) is 15.9. The van der Waals surface area contributed by atoms with Gasteiger partial charge in [0.15, 0.2) is 0 Å². The Bertz CT molecular complexity index is 213.